The number of ether oxygens (including phenoxy) is 3. The molecule has 26 heavy (non-hydrogen) atoms. The molecule has 0 aliphatic carbocycles. The Morgan fingerprint density at radius 3 is 2.85 bits per heavy atom. The Labute approximate surface area is 153 Å². The van der Waals surface area contributed by atoms with Crippen molar-refractivity contribution in [2.75, 3.05) is 27.1 Å². The van der Waals surface area contributed by atoms with Gasteiger partial charge in [-0.05, 0) is 47.9 Å². The first kappa shape index (κ1) is 17.9. The van der Waals surface area contributed by atoms with E-state index in [1.165, 1.54) is 0 Å². The van der Waals surface area contributed by atoms with Crippen molar-refractivity contribution in [1.82, 2.24) is 9.88 Å². The van der Waals surface area contributed by atoms with Crippen molar-refractivity contribution in [2.24, 2.45) is 0 Å². The first-order valence-corrected chi connectivity index (χ1v) is 8.51. The predicted octanol–water partition coefficient (Wildman–Crippen LogP) is 2.89. The molecule has 0 atom stereocenters. The van der Waals surface area contributed by atoms with Crippen molar-refractivity contribution in [2.45, 2.75) is 13.0 Å². The van der Waals surface area contributed by atoms with Crippen LogP contribution < -0.4 is 9.47 Å². The fraction of sp³-hybridized carbons (Fsp3) is 0.300. The van der Waals surface area contributed by atoms with Crippen LogP contribution in [0.1, 0.15) is 17.5 Å². The maximum Gasteiger partial charge on any atom is 0.246 e. The van der Waals surface area contributed by atoms with Gasteiger partial charge in [-0.3, -0.25) is 9.78 Å². The number of carbonyl (C=O) groups excluding carboxylic acids is 1. The van der Waals surface area contributed by atoms with Gasteiger partial charge < -0.3 is 19.1 Å². The molecule has 1 aliphatic heterocycles. The van der Waals surface area contributed by atoms with E-state index in [4.69, 9.17) is 14.2 Å². The van der Waals surface area contributed by atoms with Crippen LogP contribution in [0.25, 0.3) is 6.08 Å². The summed E-state index contributed by atoms with van der Waals surface area (Å²) in [6.07, 6.45) is 7.63. The lowest BCUT2D eigenvalue weighted by Gasteiger charge is -2.21. The number of carbonyl (C=O) groups is 1. The lowest BCUT2D eigenvalue weighted by Crippen LogP contribution is -2.30. The molecule has 6 nitrogen and oxygen atoms in total. The third-order valence-corrected chi connectivity index (χ3v) is 4.03. The van der Waals surface area contributed by atoms with Gasteiger partial charge in [0.2, 0.25) is 12.7 Å². The normalized spacial score (nSPS) is 12.5. The van der Waals surface area contributed by atoms with Gasteiger partial charge in [-0.2, -0.15) is 0 Å². The van der Waals surface area contributed by atoms with Crippen molar-refractivity contribution in [1.29, 1.82) is 0 Å². The SMILES string of the molecule is COCCCN(Cc1ccncc1)C(=O)/C=C/c1ccc2c(c1)OCO2. The Hall–Kier alpha value is -2.86. The van der Waals surface area contributed by atoms with Crippen LogP contribution in [0.4, 0.5) is 0 Å². The van der Waals surface area contributed by atoms with E-state index in [-0.39, 0.29) is 12.7 Å². The van der Waals surface area contributed by atoms with Gasteiger partial charge in [0.05, 0.1) is 0 Å². The molecule has 2 heterocycles. The van der Waals surface area contributed by atoms with E-state index in [0.717, 1.165) is 23.3 Å². The Morgan fingerprint density at radius 1 is 1.23 bits per heavy atom. The van der Waals surface area contributed by atoms with Gasteiger partial charge in [0, 0.05) is 45.3 Å². The van der Waals surface area contributed by atoms with E-state index in [2.05, 4.69) is 4.98 Å². The second-order valence-electron chi connectivity index (χ2n) is 5.91. The number of benzene rings is 1. The van der Waals surface area contributed by atoms with Crippen molar-refractivity contribution in [3.8, 4) is 11.5 Å². The fourth-order valence-corrected chi connectivity index (χ4v) is 2.67. The fourth-order valence-electron chi connectivity index (χ4n) is 2.67. The summed E-state index contributed by atoms with van der Waals surface area (Å²) in [5.74, 6) is 1.39. The zero-order valence-electron chi connectivity index (χ0n) is 14.8. The summed E-state index contributed by atoms with van der Waals surface area (Å²) < 4.78 is 15.8. The molecule has 1 amide bonds. The van der Waals surface area contributed by atoms with Gasteiger partial charge >= 0.3 is 0 Å². The summed E-state index contributed by atoms with van der Waals surface area (Å²) in [6.45, 7) is 2.02. The van der Waals surface area contributed by atoms with Gasteiger partial charge in [0.25, 0.3) is 0 Å². The van der Waals surface area contributed by atoms with Crippen molar-refractivity contribution >= 4 is 12.0 Å². The van der Waals surface area contributed by atoms with Crippen LogP contribution in [0.2, 0.25) is 0 Å². The van der Waals surface area contributed by atoms with E-state index >= 15 is 0 Å². The molecular weight excluding hydrogens is 332 g/mol. The van der Waals surface area contributed by atoms with Crippen LogP contribution >= 0.6 is 0 Å². The van der Waals surface area contributed by atoms with Gasteiger partial charge in [0.1, 0.15) is 0 Å². The van der Waals surface area contributed by atoms with E-state index in [9.17, 15) is 4.79 Å². The Morgan fingerprint density at radius 2 is 2.04 bits per heavy atom. The van der Waals surface area contributed by atoms with E-state index in [0.29, 0.717) is 25.4 Å². The largest absolute Gasteiger partial charge is 0.454 e. The molecule has 136 valence electrons. The molecule has 0 saturated carbocycles. The summed E-state index contributed by atoms with van der Waals surface area (Å²) in [5.41, 5.74) is 1.94. The van der Waals surface area contributed by atoms with Crippen LogP contribution in [0.5, 0.6) is 11.5 Å². The average molecular weight is 354 g/mol. The monoisotopic (exact) mass is 354 g/mol. The minimum atomic E-state index is -0.0458. The first-order chi connectivity index (χ1) is 12.8. The highest BCUT2D eigenvalue weighted by atomic mass is 16.7. The van der Waals surface area contributed by atoms with Crippen LogP contribution in [0, 0.1) is 0 Å². The smallest absolute Gasteiger partial charge is 0.246 e. The predicted molar refractivity (Wildman–Crippen MR) is 97.7 cm³/mol. The molecule has 1 aromatic carbocycles. The zero-order valence-corrected chi connectivity index (χ0v) is 14.8. The molecule has 0 saturated heterocycles. The average Bonchev–Trinajstić information content (AvgIpc) is 3.14. The first-order valence-electron chi connectivity index (χ1n) is 8.51. The lowest BCUT2D eigenvalue weighted by molar-refractivity contribution is -0.126. The number of nitrogens with zero attached hydrogens (tertiary/aromatic N) is 2. The summed E-state index contributed by atoms with van der Waals surface area (Å²) in [4.78, 5) is 18.5. The minimum absolute atomic E-state index is 0.0458. The van der Waals surface area contributed by atoms with Crippen LogP contribution in [-0.2, 0) is 16.1 Å². The molecular formula is C20H22N2O4. The molecule has 3 rings (SSSR count). The molecule has 1 aromatic heterocycles. The summed E-state index contributed by atoms with van der Waals surface area (Å²) in [6, 6.07) is 9.44. The van der Waals surface area contributed by atoms with E-state index in [1.54, 1.807) is 36.6 Å². The number of hydrogen-bond donors (Lipinski definition) is 0. The molecule has 2 aromatic rings. The summed E-state index contributed by atoms with van der Waals surface area (Å²) >= 11 is 0. The van der Waals surface area contributed by atoms with Gasteiger partial charge in [-0.25, -0.2) is 0 Å². The highest BCUT2D eigenvalue weighted by Gasteiger charge is 2.14. The Balaban J connectivity index is 1.67. The molecule has 1 aliphatic rings. The highest BCUT2D eigenvalue weighted by Crippen LogP contribution is 2.32. The number of rotatable bonds is 8. The van der Waals surface area contributed by atoms with Crippen molar-refractivity contribution in [3.63, 3.8) is 0 Å². The number of amides is 1. The Bertz CT molecular complexity index is 762. The molecule has 0 bridgehead atoms. The summed E-state index contributed by atoms with van der Waals surface area (Å²) in [5, 5.41) is 0. The maximum absolute atomic E-state index is 12.7. The number of pyridine rings is 1. The Kier molecular flexibility index (Phi) is 6.22. The minimum Gasteiger partial charge on any atom is -0.454 e. The summed E-state index contributed by atoms with van der Waals surface area (Å²) in [7, 11) is 1.66. The number of methoxy groups -OCH3 is 1. The second-order valence-corrected chi connectivity index (χ2v) is 5.91. The zero-order chi connectivity index (χ0) is 18.2. The number of hydrogen-bond acceptors (Lipinski definition) is 5. The molecule has 0 fully saturated rings. The second kappa shape index (κ2) is 9.01. The van der Waals surface area contributed by atoms with Gasteiger partial charge in [0.15, 0.2) is 11.5 Å². The van der Waals surface area contributed by atoms with Crippen LogP contribution in [0.15, 0.2) is 48.8 Å². The van der Waals surface area contributed by atoms with Crippen LogP contribution in [-0.4, -0.2) is 42.8 Å². The molecule has 0 N–H and O–H groups in total. The standard InChI is InChI=1S/C20H22N2O4/c1-24-12-2-11-22(14-17-7-9-21-10-8-17)20(23)6-4-16-3-5-18-19(13-16)26-15-25-18/h3-10,13H,2,11-12,14-15H2,1H3/b6-4+. The molecule has 0 unspecified atom stereocenters. The van der Waals surface area contributed by atoms with Gasteiger partial charge in [-0.1, -0.05) is 6.07 Å². The maximum atomic E-state index is 12.7. The quantitative estimate of drug-likeness (QED) is 0.539. The highest BCUT2D eigenvalue weighted by molar-refractivity contribution is 5.91. The number of fused-ring (bicyclic) bond motifs is 1. The van der Waals surface area contributed by atoms with Crippen LogP contribution in [0.3, 0.4) is 0 Å². The third-order valence-electron chi connectivity index (χ3n) is 4.03. The van der Waals surface area contributed by atoms with E-state index in [1.807, 2.05) is 30.3 Å². The van der Waals surface area contributed by atoms with Crippen molar-refractivity contribution in [3.05, 3.63) is 59.9 Å². The molecule has 6 heteroatoms. The number of aromatic nitrogens is 1. The topological polar surface area (TPSA) is 60.9 Å². The van der Waals surface area contributed by atoms with Gasteiger partial charge in [-0.15, -0.1) is 0 Å². The lowest BCUT2D eigenvalue weighted by atomic mass is 10.2. The third kappa shape index (κ3) is 4.83. The molecule has 0 radical (unpaired) electrons. The van der Waals surface area contributed by atoms with Crippen molar-refractivity contribution < 1.29 is 19.0 Å². The molecule has 0 spiro atoms. The van der Waals surface area contributed by atoms with E-state index < -0.39 is 0 Å².